The Kier molecular flexibility index (Phi) is 7.34. The molecule has 0 aromatic rings. The number of rotatable bonds is 9. The lowest BCUT2D eigenvalue weighted by Crippen LogP contribution is -2.46. The number of urea groups is 1. The van der Waals surface area contributed by atoms with E-state index >= 15 is 0 Å². The molecule has 1 unspecified atom stereocenters. The Morgan fingerprint density at radius 2 is 2.07 bits per heavy atom. The van der Waals surface area contributed by atoms with Gasteiger partial charge in [0.2, 0.25) is 11.8 Å². The van der Waals surface area contributed by atoms with E-state index in [0.717, 1.165) is 19.3 Å². The highest BCUT2D eigenvalue weighted by Crippen LogP contribution is 2.21. The Morgan fingerprint density at radius 3 is 2.89 bits per heavy atom. The summed E-state index contributed by atoms with van der Waals surface area (Å²) in [6.07, 6.45) is 18.0. The third-order valence-electron chi connectivity index (χ3n) is 5.43. The summed E-state index contributed by atoms with van der Waals surface area (Å²) >= 11 is 0. The van der Waals surface area contributed by atoms with E-state index in [1.807, 2.05) is 0 Å². The second-order valence-electron chi connectivity index (χ2n) is 7.55. The van der Waals surface area contributed by atoms with Crippen molar-refractivity contribution in [3.8, 4) is 0 Å². The van der Waals surface area contributed by atoms with Gasteiger partial charge in [-0.3, -0.25) is 14.5 Å². The van der Waals surface area contributed by atoms with Gasteiger partial charge in [-0.05, 0) is 51.0 Å². The molecule has 0 radical (unpaired) electrons. The molecule has 6 nitrogen and oxygen atoms in total. The third-order valence-corrected chi connectivity index (χ3v) is 5.43. The maximum atomic E-state index is 12.5. The molecule has 28 heavy (non-hydrogen) atoms. The first kappa shape index (κ1) is 20.2. The predicted octanol–water partition coefficient (Wildman–Crippen LogP) is 3.70. The minimum absolute atomic E-state index is 0.0786. The van der Waals surface area contributed by atoms with Gasteiger partial charge in [0.15, 0.2) is 0 Å². The monoisotopic (exact) mass is 383 g/mol. The second kappa shape index (κ2) is 10.2. The topological polar surface area (TPSA) is 78.8 Å². The molecule has 1 N–H and O–H groups in total. The minimum Gasteiger partial charge on any atom is -0.356 e. The number of hydrogen-bond acceptors (Lipinski definition) is 3. The second-order valence-corrected chi connectivity index (χ2v) is 7.55. The number of hydrogen-bond donors (Lipinski definition) is 1. The van der Waals surface area contributed by atoms with Crippen LogP contribution in [0.4, 0.5) is 4.79 Å². The number of imide groups is 1. The van der Waals surface area contributed by atoms with E-state index in [1.54, 1.807) is 24.3 Å². The average molecular weight is 383 g/mol. The van der Waals surface area contributed by atoms with Gasteiger partial charge in [-0.2, -0.15) is 4.99 Å². The first-order chi connectivity index (χ1) is 13.6. The van der Waals surface area contributed by atoms with Crippen molar-refractivity contribution in [2.45, 2.75) is 57.8 Å². The lowest BCUT2D eigenvalue weighted by atomic mass is 9.95. The van der Waals surface area contributed by atoms with Gasteiger partial charge in [-0.1, -0.05) is 36.3 Å². The SMILES string of the molecule is O=C(CCCCCN1C(=O)N=C2C=CC=CC2C1=O)NCCC1=CCCCC1. The van der Waals surface area contributed by atoms with E-state index in [1.165, 1.54) is 36.2 Å². The number of allylic oxidation sites excluding steroid dienone is 4. The van der Waals surface area contributed by atoms with Crippen molar-refractivity contribution in [2.24, 2.45) is 10.9 Å². The van der Waals surface area contributed by atoms with Gasteiger partial charge < -0.3 is 5.32 Å². The number of carbonyl (C=O) groups is 3. The number of unbranched alkanes of at least 4 members (excludes halogenated alkanes) is 2. The first-order valence-electron chi connectivity index (χ1n) is 10.4. The number of nitrogens with zero attached hydrogens (tertiary/aromatic N) is 2. The molecule has 1 atom stereocenters. The Balaban J connectivity index is 1.30. The van der Waals surface area contributed by atoms with Crippen molar-refractivity contribution in [3.05, 3.63) is 36.0 Å². The fraction of sp³-hybridized carbons (Fsp3) is 0.545. The van der Waals surface area contributed by atoms with Crippen molar-refractivity contribution in [1.29, 1.82) is 0 Å². The summed E-state index contributed by atoms with van der Waals surface area (Å²) in [5.74, 6) is -0.562. The van der Waals surface area contributed by atoms with Crippen LogP contribution in [0.25, 0.3) is 0 Å². The molecule has 0 aromatic carbocycles. The molecule has 0 saturated heterocycles. The summed E-state index contributed by atoms with van der Waals surface area (Å²) in [5, 5.41) is 2.99. The molecule has 3 rings (SSSR count). The number of carbonyl (C=O) groups excluding carboxylic acids is 3. The molecule has 1 aliphatic heterocycles. The largest absolute Gasteiger partial charge is 0.356 e. The highest BCUT2D eigenvalue weighted by Gasteiger charge is 2.35. The van der Waals surface area contributed by atoms with Crippen LogP contribution in [0.1, 0.15) is 57.8 Å². The maximum Gasteiger partial charge on any atom is 0.350 e. The number of aliphatic imine (C=N–C) groups is 1. The van der Waals surface area contributed by atoms with Crippen molar-refractivity contribution in [3.63, 3.8) is 0 Å². The van der Waals surface area contributed by atoms with Crippen LogP contribution in [0.3, 0.4) is 0 Å². The van der Waals surface area contributed by atoms with E-state index in [9.17, 15) is 14.4 Å². The molecule has 4 amide bonds. The number of nitrogens with one attached hydrogen (secondary N) is 1. The van der Waals surface area contributed by atoms with Gasteiger partial charge in [-0.25, -0.2) is 4.79 Å². The highest BCUT2D eigenvalue weighted by atomic mass is 16.2. The minimum atomic E-state index is -0.481. The van der Waals surface area contributed by atoms with Gasteiger partial charge in [0.1, 0.15) is 0 Å². The zero-order chi connectivity index (χ0) is 19.8. The zero-order valence-corrected chi connectivity index (χ0v) is 16.4. The smallest absolute Gasteiger partial charge is 0.350 e. The Hall–Kier alpha value is -2.50. The Labute approximate surface area is 166 Å². The van der Waals surface area contributed by atoms with Crippen LogP contribution in [0.5, 0.6) is 0 Å². The normalized spacial score (nSPS) is 21.3. The van der Waals surface area contributed by atoms with Crippen molar-refractivity contribution in [1.82, 2.24) is 10.2 Å². The van der Waals surface area contributed by atoms with Crippen LogP contribution in [-0.4, -0.2) is 41.5 Å². The first-order valence-corrected chi connectivity index (χ1v) is 10.4. The van der Waals surface area contributed by atoms with E-state index in [2.05, 4.69) is 16.4 Å². The molecule has 0 fully saturated rings. The van der Waals surface area contributed by atoms with Crippen LogP contribution in [0.2, 0.25) is 0 Å². The molecule has 2 aliphatic carbocycles. The summed E-state index contributed by atoms with van der Waals surface area (Å²) in [6.45, 7) is 1.07. The van der Waals surface area contributed by atoms with Crippen LogP contribution in [0.15, 0.2) is 40.9 Å². The van der Waals surface area contributed by atoms with Gasteiger partial charge in [-0.15, -0.1) is 0 Å². The molecule has 0 saturated carbocycles. The number of amides is 4. The zero-order valence-electron chi connectivity index (χ0n) is 16.4. The summed E-state index contributed by atoms with van der Waals surface area (Å²) in [5.41, 5.74) is 1.99. The van der Waals surface area contributed by atoms with Crippen LogP contribution < -0.4 is 5.32 Å². The van der Waals surface area contributed by atoms with Crippen molar-refractivity contribution < 1.29 is 14.4 Å². The van der Waals surface area contributed by atoms with E-state index in [0.29, 0.717) is 31.6 Å². The van der Waals surface area contributed by atoms with E-state index in [4.69, 9.17) is 0 Å². The van der Waals surface area contributed by atoms with Gasteiger partial charge >= 0.3 is 6.03 Å². The molecule has 0 aromatic heterocycles. The van der Waals surface area contributed by atoms with E-state index < -0.39 is 11.9 Å². The molecule has 1 heterocycles. The molecule has 0 bridgehead atoms. The van der Waals surface area contributed by atoms with Crippen LogP contribution in [-0.2, 0) is 9.59 Å². The summed E-state index contributed by atoms with van der Waals surface area (Å²) in [7, 11) is 0. The molecule has 0 spiro atoms. The van der Waals surface area contributed by atoms with Gasteiger partial charge in [0, 0.05) is 19.5 Å². The number of fused-ring (bicyclic) bond motifs is 1. The van der Waals surface area contributed by atoms with Crippen molar-refractivity contribution in [2.75, 3.05) is 13.1 Å². The predicted molar refractivity (Wildman–Crippen MR) is 109 cm³/mol. The standard InChI is InChI=1S/C22H29N3O3/c26-20(23-15-14-17-9-3-1-4-10-17)13-5-2-8-16-25-21(27)18-11-6-7-12-19(18)24-22(25)28/h6-7,9,11-12,18H,1-5,8,10,13-16H2,(H,23,26). The third kappa shape index (κ3) is 5.50. The van der Waals surface area contributed by atoms with Crippen molar-refractivity contribution >= 4 is 23.6 Å². The Bertz CT molecular complexity index is 733. The quantitative estimate of drug-likeness (QED) is 0.487. The van der Waals surface area contributed by atoms with Crippen LogP contribution in [0, 0.1) is 5.92 Å². The summed E-state index contributed by atoms with van der Waals surface area (Å²) in [4.78, 5) is 41.7. The average Bonchev–Trinajstić information content (AvgIpc) is 2.71. The molecular formula is C22H29N3O3. The molecule has 150 valence electrons. The Morgan fingerprint density at radius 1 is 1.18 bits per heavy atom. The van der Waals surface area contributed by atoms with Crippen LogP contribution >= 0.6 is 0 Å². The van der Waals surface area contributed by atoms with E-state index in [-0.39, 0.29) is 11.8 Å². The summed E-state index contributed by atoms with van der Waals surface area (Å²) in [6, 6.07) is -0.481. The van der Waals surface area contributed by atoms with Gasteiger partial charge in [0.25, 0.3) is 0 Å². The maximum absolute atomic E-state index is 12.5. The molecule has 6 heteroatoms. The lowest BCUT2D eigenvalue weighted by molar-refractivity contribution is -0.129. The highest BCUT2D eigenvalue weighted by molar-refractivity contribution is 6.21. The molecule has 3 aliphatic rings. The lowest BCUT2D eigenvalue weighted by Gasteiger charge is -2.28. The fourth-order valence-corrected chi connectivity index (χ4v) is 3.80. The van der Waals surface area contributed by atoms with Gasteiger partial charge in [0.05, 0.1) is 11.6 Å². The molecular weight excluding hydrogens is 354 g/mol. The summed E-state index contributed by atoms with van der Waals surface area (Å²) < 4.78 is 0. The fourth-order valence-electron chi connectivity index (χ4n) is 3.80.